The summed E-state index contributed by atoms with van der Waals surface area (Å²) in [6.45, 7) is 3.42. The van der Waals surface area contributed by atoms with E-state index in [-0.39, 0.29) is 0 Å². The molecule has 32 heavy (non-hydrogen) atoms. The van der Waals surface area contributed by atoms with Gasteiger partial charge in [0.15, 0.2) is 0 Å². The lowest BCUT2D eigenvalue weighted by Gasteiger charge is -2.32. The highest BCUT2D eigenvalue weighted by molar-refractivity contribution is 5.74. The molecule has 2 aliphatic heterocycles. The number of methoxy groups -OCH3 is 1. The predicted octanol–water partition coefficient (Wildman–Crippen LogP) is 6.09. The Bertz CT molecular complexity index is 1090. The summed E-state index contributed by atoms with van der Waals surface area (Å²) < 4.78 is 11.8. The smallest absolute Gasteiger partial charge is 0.226 e. The van der Waals surface area contributed by atoms with Crippen LogP contribution in [-0.2, 0) is 6.42 Å². The van der Waals surface area contributed by atoms with Gasteiger partial charge < -0.3 is 14.4 Å². The van der Waals surface area contributed by atoms with E-state index in [0.29, 0.717) is 11.8 Å². The predicted molar refractivity (Wildman–Crippen MR) is 128 cm³/mol. The monoisotopic (exact) mass is 426 g/mol. The molecule has 0 N–H and O–H groups in total. The maximum atomic E-state index is 6.18. The standard InChI is InChI=1S/C28H30N2O2/c1-31-26-12-5-13-27-25(26)20-23(24-11-6-16-29-28(24)32-27)10-7-17-30-18-14-22(15-19-30)21-8-3-2-4-9-21/h2-6,8-13,16,22H,7,14-15,17-20H2,1H3. The van der Waals surface area contributed by atoms with Crippen molar-refractivity contribution in [3.05, 3.63) is 89.6 Å². The van der Waals surface area contributed by atoms with Crippen molar-refractivity contribution in [3.63, 3.8) is 0 Å². The molecule has 1 saturated heterocycles. The molecular weight excluding hydrogens is 396 g/mol. The molecule has 0 atom stereocenters. The summed E-state index contributed by atoms with van der Waals surface area (Å²) in [4.78, 5) is 7.10. The number of allylic oxidation sites excluding steroid dienone is 1. The number of benzene rings is 2. The number of piperidine rings is 1. The van der Waals surface area contributed by atoms with Crippen LogP contribution in [0.15, 0.2) is 72.9 Å². The molecule has 0 unspecified atom stereocenters. The summed E-state index contributed by atoms with van der Waals surface area (Å²) in [6, 6.07) is 21.0. The van der Waals surface area contributed by atoms with E-state index < -0.39 is 0 Å². The molecule has 0 radical (unpaired) electrons. The lowest BCUT2D eigenvalue weighted by Crippen LogP contribution is -2.33. The van der Waals surface area contributed by atoms with Gasteiger partial charge in [0, 0.05) is 30.3 Å². The molecule has 4 nitrogen and oxygen atoms in total. The van der Waals surface area contributed by atoms with Gasteiger partial charge in [-0.15, -0.1) is 0 Å². The van der Waals surface area contributed by atoms with Gasteiger partial charge in [-0.05, 0) is 73.7 Å². The quantitative estimate of drug-likeness (QED) is 0.494. The Hall–Kier alpha value is -3.11. The molecule has 164 valence electrons. The summed E-state index contributed by atoms with van der Waals surface area (Å²) in [7, 11) is 1.72. The number of aromatic nitrogens is 1. The van der Waals surface area contributed by atoms with Crippen LogP contribution < -0.4 is 9.47 Å². The van der Waals surface area contributed by atoms with E-state index in [0.717, 1.165) is 42.0 Å². The summed E-state index contributed by atoms with van der Waals surface area (Å²) in [5, 5.41) is 0. The Labute approximate surface area is 190 Å². The number of nitrogens with zero attached hydrogens (tertiary/aromatic N) is 2. The third kappa shape index (κ3) is 4.42. The molecule has 0 saturated carbocycles. The highest BCUT2D eigenvalue weighted by atomic mass is 16.5. The number of likely N-dealkylation sites (tertiary alicyclic amines) is 1. The van der Waals surface area contributed by atoms with Gasteiger partial charge in [0.25, 0.3) is 0 Å². The van der Waals surface area contributed by atoms with Gasteiger partial charge in [-0.2, -0.15) is 0 Å². The zero-order valence-electron chi connectivity index (χ0n) is 18.7. The second-order valence-electron chi connectivity index (χ2n) is 8.62. The van der Waals surface area contributed by atoms with E-state index in [4.69, 9.17) is 9.47 Å². The minimum absolute atomic E-state index is 0.675. The van der Waals surface area contributed by atoms with Gasteiger partial charge in [0.2, 0.25) is 5.88 Å². The summed E-state index contributed by atoms with van der Waals surface area (Å²) in [5.74, 6) is 3.07. The molecule has 0 aliphatic carbocycles. The maximum absolute atomic E-state index is 6.18. The highest BCUT2D eigenvalue weighted by Gasteiger charge is 2.23. The molecule has 1 aromatic heterocycles. The van der Waals surface area contributed by atoms with Crippen molar-refractivity contribution >= 4 is 5.57 Å². The SMILES string of the molecule is COc1cccc2c1CC(=CCCN1CCC(c3ccccc3)CC1)c1cccnc1O2. The summed E-state index contributed by atoms with van der Waals surface area (Å²) in [6.07, 6.45) is 8.45. The Morgan fingerprint density at radius 1 is 1.03 bits per heavy atom. The third-order valence-corrected chi connectivity index (χ3v) is 6.70. The molecule has 0 bridgehead atoms. The van der Waals surface area contributed by atoms with Crippen molar-refractivity contribution in [3.8, 4) is 17.4 Å². The summed E-state index contributed by atoms with van der Waals surface area (Å²) in [5.41, 5.74) is 4.91. The molecule has 4 heteroatoms. The van der Waals surface area contributed by atoms with E-state index in [1.54, 1.807) is 13.3 Å². The maximum Gasteiger partial charge on any atom is 0.226 e. The van der Waals surface area contributed by atoms with Crippen LogP contribution in [0.3, 0.4) is 0 Å². The van der Waals surface area contributed by atoms with E-state index >= 15 is 0 Å². The zero-order chi connectivity index (χ0) is 21.8. The van der Waals surface area contributed by atoms with E-state index in [1.807, 2.05) is 24.3 Å². The van der Waals surface area contributed by atoms with Crippen LogP contribution in [0.4, 0.5) is 0 Å². The normalized spacial score (nSPS) is 17.8. The second-order valence-corrected chi connectivity index (χ2v) is 8.62. The van der Waals surface area contributed by atoms with Gasteiger partial charge in [-0.1, -0.05) is 42.5 Å². The zero-order valence-corrected chi connectivity index (χ0v) is 18.7. The van der Waals surface area contributed by atoms with Gasteiger partial charge in [0.1, 0.15) is 11.5 Å². The van der Waals surface area contributed by atoms with Crippen LogP contribution in [0.1, 0.15) is 41.9 Å². The molecule has 0 spiro atoms. The van der Waals surface area contributed by atoms with Crippen molar-refractivity contribution in [1.82, 2.24) is 9.88 Å². The van der Waals surface area contributed by atoms with E-state index in [9.17, 15) is 0 Å². The van der Waals surface area contributed by atoms with Gasteiger partial charge in [0.05, 0.1) is 7.11 Å². The number of hydrogen-bond acceptors (Lipinski definition) is 4. The lowest BCUT2D eigenvalue weighted by atomic mass is 9.89. The molecule has 5 rings (SSSR count). The van der Waals surface area contributed by atoms with Crippen molar-refractivity contribution in [1.29, 1.82) is 0 Å². The molecule has 2 aromatic carbocycles. The highest BCUT2D eigenvalue weighted by Crippen LogP contribution is 2.41. The second kappa shape index (κ2) is 9.58. The molecule has 3 aromatic rings. The van der Waals surface area contributed by atoms with E-state index in [1.165, 1.54) is 37.1 Å². The van der Waals surface area contributed by atoms with Crippen LogP contribution in [0, 0.1) is 0 Å². The molecule has 0 amide bonds. The first-order valence-corrected chi connectivity index (χ1v) is 11.6. The number of fused-ring (bicyclic) bond motifs is 2. The number of rotatable bonds is 5. The fourth-order valence-electron chi connectivity index (χ4n) is 4.93. The minimum atomic E-state index is 0.675. The first-order valence-electron chi connectivity index (χ1n) is 11.6. The van der Waals surface area contributed by atoms with Crippen LogP contribution in [0.5, 0.6) is 17.4 Å². The molecule has 1 fully saturated rings. The van der Waals surface area contributed by atoms with Crippen molar-refractivity contribution in [2.75, 3.05) is 26.7 Å². The first-order chi connectivity index (χ1) is 15.8. The number of pyridine rings is 1. The van der Waals surface area contributed by atoms with Crippen molar-refractivity contribution < 1.29 is 9.47 Å². The van der Waals surface area contributed by atoms with Crippen LogP contribution >= 0.6 is 0 Å². The van der Waals surface area contributed by atoms with Gasteiger partial charge in [-0.25, -0.2) is 4.98 Å². The average molecular weight is 427 g/mol. The van der Waals surface area contributed by atoms with Gasteiger partial charge in [-0.3, -0.25) is 0 Å². The first kappa shape index (κ1) is 20.8. The van der Waals surface area contributed by atoms with Crippen LogP contribution in [-0.4, -0.2) is 36.6 Å². The lowest BCUT2D eigenvalue weighted by molar-refractivity contribution is 0.216. The Balaban J connectivity index is 1.28. The van der Waals surface area contributed by atoms with Crippen LogP contribution in [0.25, 0.3) is 5.57 Å². The number of hydrogen-bond donors (Lipinski definition) is 0. The fraction of sp³-hybridized carbons (Fsp3) is 0.321. The van der Waals surface area contributed by atoms with Crippen molar-refractivity contribution in [2.45, 2.75) is 31.6 Å². The van der Waals surface area contributed by atoms with Gasteiger partial charge >= 0.3 is 0 Å². The third-order valence-electron chi connectivity index (χ3n) is 6.70. The average Bonchev–Trinajstić information content (AvgIpc) is 3.01. The minimum Gasteiger partial charge on any atom is -0.496 e. The fourth-order valence-corrected chi connectivity index (χ4v) is 4.93. The van der Waals surface area contributed by atoms with Crippen molar-refractivity contribution in [2.24, 2.45) is 0 Å². The van der Waals surface area contributed by atoms with Crippen LogP contribution in [0.2, 0.25) is 0 Å². The summed E-state index contributed by atoms with van der Waals surface area (Å²) >= 11 is 0. The molecular formula is C28H30N2O2. The Morgan fingerprint density at radius 3 is 2.69 bits per heavy atom. The largest absolute Gasteiger partial charge is 0.496 e. The Morgan fingerprint density at radius 2 is 1.88 bits per heavy atom. The van der Waals surface area contributed by atoms with E-state index in [2.05, 4.69) is 52.4 Å². The Kier molecular flexibility index (Phi) is 6.22. The topological polar surface area (TPSA) is 34.6 Å². The number of ether oxygens (including phenoxy) is 2. The molecule has 3 heterocycles. The molecule has 2 aliphatic rings.